The SMILES string of the molecule is CN(c1ccccc1)C1C(=O)C(=CC2=[N+](C)c3ccc4ccccc4c3C2(C)C)C1=O. The van der Waals surface area contributed by atoms with E-state index >= 15 is 0 Å². The zero-order chi connectivity index (χ0) is 21.9. The van der Waals surface area contributed by atoms with Gasteiger partial charge in [-0.05, 0) is 42.8 Å². The Balaban J connectivity index is 1.53. The molecule has 0 bridgehead atoms. The van der Waals surface area contributed by atoms with Crippen LogP contribution in [-0.4, -0.2) is 42.0 Å². The summed E-state index contributed by atoms with van der Waals surface area (Å²) in [4.78, 5) is 27.8. The van der Waals surface area contributed by atoms with Crippen LogP contribution in [-0.2, 0) is 15.0 Å². The first-order valence-corrected chi connectivity index (χ1v) is 10.5. The second kappa shape index (κ2) is 6.74. The van der Waals surface area contributed by atoms with Gasteiger partial charge >= 0.3 is 0 Å². The van der Waals surface area contributed by atoms with Crippen LogP contribution < -0.4 is 4.90 Å². The molecule has 1 aliphatic heterocycles. The molecule has 1 saturated carbocycles. The van der Waals surface area contributed by atoms with Crippen molar-refractivity contribution in [3.63, 3.8) is 0 Å². The molecule has 0 N–H and O–H groups in total. The number of allylic oxidation sites excluding steroid dienone is 1. The molecule has 0 spiro atoms. The molecule has 31 heavy (non-hydrogen) atoms. The topological polar surface area (TPSA) is 40.4 Å². The highest BCUT2D eigenvalue weighted by Crippen LogP contribution is 2.44. The number of anilines is 1. The average Bonchev–Trinajstić information content (AvgIpc) is 2.98. The minimum atomic E-state index is -0.743. The summed E-state index contributed by atoms with van der Waals surface area (Å²) in [5.74, 6) is -0.234. The van der Waals surface area contributed by atoms with Gasteiger partial charge in [-0.2, -0.15) is 4.58 Å². The second-order valence-electron chi connectivity index (χ2n) is 8.89. The fraction of sp³-hybridized carbons (Fsp3) is 0.222. The van der Waals surface area contributed by atoms with Crippen LogP contribution in [0.1, 0.15) is 19.4 Å². The first-order chi connectivity index (χ1) is 14.8. The van der Waals surface area contributed by atoms with E-state index in [9.17, 15) is 9.59 Å². The summed E-state index contributed by atoms with van der Waals surface area (Å²) in [6.07, 6.45) is 1.81. The molecule has 1 aliphatic carbocycles. The maximum Gasteiger partial charge on any atom is 0.210 e. The van der Waals surface area contributed by atoms with E-state index in [2.05, 4.69) is 48.8 Å². The summed E-state index contributed by atoms with van der Waals surface area (Å²) >= 11 is 0. The predicted octanol–water partition coefficient (Wildman–Crippen LogP) is 4.43. The lowest BCUT2D eigenvalue weighted by molar-refractivity contribution is -0.401. The third-order valence-corrected chi connectivity index (χ3v) is 6.75. The Morgan fingerprint density at radius 2 is 1.55 bits per heavy atom. The number of ketones is 2. The van der Waals surface area contributed by atoms with Gasteiger partial charge in [0.15, 0.2) is 23.3 Å². The van der Waals surface area contributed by atoms with Crippen LogP contribution >= 0.6 is 0 Å². The number of benzene rings is 3. The van der Waals surface area contributed by atoms with Gasteiger partial charge in [-0.3, -0.25) is 9.59 Å². The van der Waals surface area contributed by atoms with E-state index in [1.807, 2.05) is 49.5 Å². The summed E-state index contributed by atoms with van der Waals surface area (Å²) < 4.78 is 2.11. The van der Waals surface area contributed by atoms with Crippen molar-refractivity contribution in [2.24, 2.45) is 0 Å². The van der Waals surface area contributed by atoms with Crippen LogP contribution in [0.15, 0.2) is 78.4 Å². The number of carbonyl (C=O) groups excluding carboxylic acids is 2. The predicted molar refractivity (Wildman–Crippen MR) is 125 cm³/mol. The van der Waals surface area contributed by atoms with E-state index < -0.39 is 6.04 Å². The summed E-state index contributed by atoms with van der Waals surface area (Å²) in [5.41, 5.74) is 4.15. The minimum absolute atomic E-state index is 0.117. The molecule has 0 amide bonds. The highest BCUT2D eigenvalue weighted by atomic mass is 16.2. The lowest BCUT2D eigenvalue weighted by Crippen LogP contribution is -2.56. The maximum absolute atomic E-state index is 13.0. The highest BCUT2D eigenvalue weighted by Gasteiger charge is 2.50. The number of hydrogen-bond acceptors (Lipinski definition) is 3. The van der Waals surface area contributed by atoms with E-state index in [0.717, 1.165) is 17.1 Å². The van der Waals surface area contributed by atoms with Gasteiger partial charge in [0.25, 0.3) is 0 Å². The zero-order valence-corrected chi connectivity index (χ0v) is 18.2. The van der Waals surface area contributed by atoms with Crippen LogP contribution in [0.4, 0.5) is 11.4 Å². The number of nitrogens with zero attached hydrogens (tertiary/aromatic N) is 2. The van der Waals surface area contributed by atoms with Gasteiger partial charge in [-0.1, -0.05) is 42.5 Å². The molecule has 1 heterocycles. The minimum Gasteiger partial charge on any atom is -0.358 e. The Hall–Kier alpha value is -3.53. The first-order valence-electron chi connectivity index (χ1n) is 10.5. The van der Waals surface area contributed by atoms with Crippen molar-refractivity contribution in [2.75, 3.05) is 19.0 Å². The normalized spacial score (nSPS) is 19.5. The van der Waals surface area contributed by atoms with E-state index in [0.29, 0.717) is 5.57 Å². The number of likely N-dealkylation sites (N-methyl/N-ethyl adjacent to an activating group) is 1. The van der Waals surface area contributed by atoms with Crippen molar-refractivity contribution in [1.82, 2.24) is 0 Å². The summed E-state index contributed by atoms with van der Waals surface area (Å²) in [5, 5.41) is 2.40. The molecule has 0 saturated heterocycles. The number of fused-ring (bicyclic) bond motifs is 3. The highest BCUT2D eigenvalue weighted by molar-refractivity contribution is 6.44. The second-order valence-corrected chi connectivity index (χ2v) is 8.89. The Kier molecular flexibility index (Phi) is 4.23. The van der Waals surface area contributed by atoms with Crippen LogP contribution in [0.25, 0.3) is 10.8 Å². The van der Waals surface area contributed by atoms with Crippen molar-refractivity contribution in [2.45, 2.75) is 25.3 Å². The van der Waals surface area contributed by atoms with Gasteiger partial charge in [0.1, 0.15) is 7.05 Å². The van der Waals surface area contributed by atoms with Gasteiger partial charge < -0.3 is 4.90 Å². The van der Waals surface area contributed by atoms with Crippen LogP contribution in [0.5, 0.6) is 0 Å². The van der Waals surface area contributed by atoms with Crippen LogP contribution in [0.2, 0.25) is 0 Å². The van der Waals surface area contributed by atoms with Crippen molar-refractivity contribution in [1.29, 1.82) is 0 Å². The smallest absolute Gasteiger partial charge is 0.210 e. The Bertz CT molecular complexity index is 1300. The number of rotatable bonds is 3. The van der Waals surface area contributed by atoms with Crippen molar-refractivity contribution >= 4 is 39.4 Å². The van der Waals surface area contributed by atoms with E-state index in [1.165, 1.54) is 16.3 Å². The van der Waals surface area contributed by atoms with Gasteiger partial charge in [-0.25, -0.2) is 0 Å². The van der Waals surface area contributed by atoms with E-state index in [-0.39, 0.29) is 17.0 Å². The molecule has 4 heteroatoms. The van der Waals surface area contributed by atoms with E-state index in [1.54, 1.807) is 11.9 Å². The zero-order valence-electron chi connectivity index (χ0n) is 18.2. The number of hydrogen-bond donors (Lipinski definition) is 0. The molecule has 0 radical (unpaired) electrons. The monoisotopic (exact) mass is 409 g/mol. The quantitative estimate of drug-likeness (QED) is 0.278. The Labute approximate surface area is 182 Å². The van der Waals surface area contributed by atoms with Gasteiger partial charge in [0.05, 0.1) is 11.0 Å². The Morgan fingerprint density at radius 1 is 0.903 bits per heavy atom. The van der Waals surface area contributed by atoms with Crippen molar-refractivity contribution in [3.8, 4) is 0 Å². The largest absolute Gasteiger partial charge is 0.358 e. The standard InChI is InChI=1S/C27H25N2O2/c1-27(2)22(29(4)21-15-14-17-10-8-9-13-19(17)23(21)27)16-20-25(30)24(26(20)31)28(3)18-11-6-5-7-12-18/h5-16,24H,1-4H3/q+1. The van der Waals surface area contributed by atoms with E-state index in [4.69, 9.17) is 0 Å². The summed E-state index contributed by atoms with van der Waals surface area (Å²) in [7, 11) is 3.81. The van der Waals surface area contributed by atoms with Crippen LogP contribution in [0, 0.1) is 0 Å². The molecule has 0 unspecified atom stereocenters. The van der Waals surface area contributed by atoms with Crippen molar-refractivity contribution in [3.05, 3.63) is 83.9 Å². The molecule has 0 aromatic heterocycles. The molecule has 0 atom stereocenters. The molecule has 3 aromatic rings. The van der Waals surface area contributed by atoms with Crippen LogP contribution in [0.3, 0.4) is 0 Å². The Morgan fingerprint density at radius 3 is 2.26 bits per heavy atom. The van der Waals surface area contributed by atoms with Gasteiger partial charge in [-0.15, -0.1) is 0 Å². The molecule has 5 rings (SSSR count). The van der Waals surface area contributed by atoms with Crippen molar-refractivity contribution < 1.29 is 14.2 Å². The maximum atomic E-state index is 13.0. The number of para-hydroxylation sites is 1. The lowest BCUT2D eigenvalue weighted by Gasteiger charge is -2.35. The fourth-order valence-electron chi connectivity index (χ4n) is 5.05. The summed E-state index contributed by atoms with van der Waals surface area (Å²) in [6, 6.07) is 21.4. The number of Topliss-reactive ketones (excluding diaryl/α,β-unsaturated/α-hetero) is 2. The molecule has 4 nitrogen and oxygen atoms in total. The molecule has 3 aromatic carbocycles. The molecular formula is C27H25N2O2+. The van der Waals surface area contributed by atoms with Gasteiger partial charge in [0, 0.05) is 30.4 Å². The molecule has 2 aliphatic rings. The molecular weight excluding hydrogens is 384 g/mol. The number of carbonyl (C=O) groups is 2. The van der Waals surface area contributed by atoms with Gasteiger partial charge in [0.2, 0.25) is 5.69 Å². The first kappa shape index (κ1) is 19.4. The average molecular weight is 410 g/mol. The molecule has 154 valence electrons. The lowest BCUT2D eigenvalue weighted by atomic mass is 9.75. The fourth-order valence-corrected chi connectivity index (χ4v) is 5.05. The third kappa shape index (κ3) is 2.71. The molecule has 1 fully saturated rings. The third-order valence-electron chi connectivity index (χ3n) is 6.75. The summed E-state index contributed by atoms with van der Waals surface area (Å²) in [6.45, 7) is 4.32.